The fourth-order valence-electron chi connectivity index (χ4n) is 3.37. The highest BCUT2D eigenvalue weighted by molar-refractivity contribution is 5.89. The van der Waals surface area contributed by atoms with E-state index in [1.807, 2.05) is 0 Å². The van der Waals surface area contributed by atoms with Crippen LogP contribution in [-0.2, 0) is 0 Å². The second-order valence-corrected chi connectivity index (χ2v) is 5.91. The van der Waals surface area contributed by atoms with Crippen LogP contribution in [0.2, 0.25) is 0 Å². The smallest absolute Gasteiger partial charge is 0.319 e. The highest BCUT2D eigenvalue weighted by atomic mass is 19.1. The Morgan fingerprint density at radius 2 is 2.00 bits per heavy atom. The molecule has 3 N–H and O–H groups in total. The summed E-state index contributed by atoms with van der Waals surface area (Å²) >= 11 is 0. The van der Waals surface area contributed by atoms with Crippen LogP contribution in [0.5, 0.6) is 0 Å². The molecule has 1 aliphatic heterocycles. The Kier molecular flexibility index (Phi) is 4.05. The van der Waals surface area contributed by atoms with Crippen LogP contribution in [0, 0.1) is 23.5 Å². The minimum atomic E-state index is -0.770. The standard InChI is InChI=1S/C15H19F2N3O/c16-11-2-4-14(13(17)6-11)20-15(21)19-12-3-1-9-7-18-8-10(9)5-12/h2,4,6,9-10,12,18H,1,3,5,7-8H2,(H2,19,20,21)/t9-,10+,12?/m0/s1. The van der Waals surface area contributed by atoms with E-state index in [0.717, 1.165) is 50.4 Å². The summed E-state index contributed by atoms with van der Waals surface area (Å²) in [4.78, 5) is 11.9. The summed E-state index contributed by atoms with van der Waals surface area (Å²) in [6.07, 6.45) is 3.01. The number of benzene rings is 1. The number of hydrogen-bond acceptors (Lipinski definition) is 2. The van der Waals surface area contributed by atoms with Gasteiger partial charge in [0.15, 0.2) is 0 Å². The number of amides is 2. The van der Waals surface area contributed by atoms with Gasteiger partial charge in [-0.3, -0.25) is 0 Å². The van der Waals surface area contributed by atoms with Crippen molar-refractivity contribution in [2.45, 2.75) is 25.3 Å². The third-order valence-electron chi connectivity index (χ3n) is 4.47. The normalized spacial score (nSPS) is 28.0. The highest BCUT2D eigenvalue weighted by Crippen LogP contribution is 2.32. The molecule has 0 radical (unpaired) electrons. The van der Waals surface area contributed by atoms with Crippen molar-refractivity contribution in [3.63, 3.8) is 0 Å². The molecule has 1 saturated carbocycles. The van der Waals surface area contributed by atoms with Gasteiger partial charge < -0.3 is 16.0 Å². The lowest BCUT2D eigenvalue weighted by Gasteiger charge is -2.31. The van der Waals surface area contributed by atoms with E-state index in [0.29, 0.717) is 5.92 Å². The van der Waals surface area contributed by atoms with Crippen LogP contribution >= 0.6 is 0 Å². The van der Waals surface area contributed by atoms with E-state index in [1.165, 1.54) is 6.07 Å². The average Bonchev–Trinajstić information content (AvgIpc) is 2.89. The van der Waals surface area contributed by atoms with E-state index >= 15 is 0 Å². The summed E-state index contributed by atoms with van der Waals surface area (Å²) in [5, 5.41) is 8.70. The molecule has 6 heteroatoms. The Balaban J connectivity index is 1.54. The number of carbonyl (C=O) groups excluding carboxylic acids is 1. The molecule has 2 amide bonds. The van der Waals surface area contributed by atoms with Crippen molar-refractivity contribution in [1.29, 1.82) is 0 Å². The molecular formula is C15H19F2N3O. The van der Waals surface area contributed by atoms with Crippen molar-refractivity contribution in [3.05, 3.63) is 29.8 Å². The largest absolute Gasteiger partial charge is 0.335 e. The number of nitrogens with one attached hydrogen (secondary N) is 3. The molecule has 1 aromatic carbocycles. The van der Waals surface area contributed by atoms with Crippen LogP contribution in [-0.4, -0.2) is 25.2 Å². The van der Waals surface area contributed by atoms with Crippen LogP contribution in [0.1, 0.15) is 19.3 Å². The summed E-state index contributed by atoms with van der Waals surface area (Å²) in [5.41, 5.74) is -0.00915. The van der Waals surface area contributed by atoms with E-state index in [4.69, 9.17) is 0 Å². The summed E-state index contributed by atoms with van der Waals surface area (Å²) in [7, 11) is 0. The zero-order valence-corrected chi connectivity index (χ0v) is 11.7. The van der Waals surface area contributed by atoms with E-state index in [2.05, 4.69) is 16.0 Å². The van der Waals surface area contributed by atoms with E-state index in [-0.39, 0.29) is 11.7 Å². The number of fused-ring (bicyclic) bond motifs is 1. The number of hydrogen-bond donors (Lipinski definition) is 3. The van der Waals surface area contributed by atoms with Crippen LogP contribution in [0.15, 0.2) is 18.2 Å². The lowest BCUT2D eigenvalue weighted by molar-refractivity contribution is 0.224. The van der Waals surface area contributed by atoms with Crippen LogP contribution < -0.4 is 16.0 Å². The molecule has 1 unspecified atom stereocenters. The zero-order valence-electron chi connectivity index (χ0n) is 11.7. The number of carbonyl (C=O) groups is 1. The lowest BCUT2D eigenvalue weighted by Crippen LogP contribution is -2.42. The predicted molar refractivity (Wildman–Crippen MR) is 76.0 cm³/mol. The first-order valence-corrected chi connectivity index (χ1v) is 7.35. The minimum absolute atomic E-state index is 0.00915. The van der Waals surface area contributed by atoms with Gasteiger partial charge in [-0.15, -0.1) is 0 Å². The fourth-order valence-corrected chi connectivity index (χ4v) is 3.37. The molecular weight excluding hydrogens is 276 g/mol. The molecule has 2 fully saturated rings. The lowest BCUT2D eigenvalue weighted by atomic mass is 9.79. The Morgan fingerprint density at radius 1 is 1.19 bits per heavy atom. The van der Waals surface area contributed by atoms with Gasteiger partial charge in [0.1, 0.15) is 11.6 Å². The first-order valence-electron chi connectivity index (χ1n) is 7.35. The molecule has 1 aromatic rings. The topological polar surface area (TPSA) is 53.2 Å². The van der Waals surface area contributed by atoms with Crippen molar-refractivity contribution < 1.29 is 13.6 Å². The third-order valence-corrected chi connectivity index (χ3v) is 4.47. The van der Waals surface area contributed by atoms with Gasteiger partial charge in [-0.1, -0.05) is 0 Å². The minimum Gasteiger partial charge on any atom is -0.335 e. The molecule has 1 aliphatic carbocycles. The average molecular weight is 295 g/mol. The molecule has 114 valence electrons. The maximum absolute atomic E-state index is 13.5. The van der Waals surface area contributed by atoms with Crippen LogP contribution in [0.3, 0.4) is 0 Å². The molecule has 2 aliphatic rings. The first-order chi connectivity index (χ1) is 10.1. The van der Waals surface area contributed by atoms with Crippen LogP contribution in [0.4, 0.5) is 19.3 Å². The molecule has 4 nitrogen and oxygen atoms in total. The predicted octanol–water partition coefficient (Wildman–Crippen LogP) is 2.47. The van der Waals surface area contributed by atoms with E-state index in [1.54, 1.807) is 0 Å². The monoisotopic (exact) mass is 295 g/mol. The molecule has 3 rings (SSSR count). The Labute approximate surface area is 122 Å². The van der Waals surface area contributed by atoms with Crippen molar-refractivity contribution >= 4 is 11.7 Å². The number of urea groups is 1. The fraction of sp³-hybridized carbons (Fsp3) is 0.533. The molecule has 0 aromatic heterocycles. The van der Waals surface area contributed by atoms with Crippen molar-refractivity contribution in [2.75, 3.05) is 18.4 Å². The highest BCUT2D eigenvalue weighted by Gasteiger charge is 2.34. The van der Waals surface area contributed by atoms with Gasteiger partial charge in [0.2, 0.25) is 0 Å². The van der Waals surface area contributed by atoms with Gasteiger partial charge in [0.25, 0.3) is 0 Å². The van der Waals surface area contributed by atoms with E-state index < -0.39 is 17.7 Å². The zero-order chi connectivity index (χ0) is 14.8. The van der Waals surface area contributed by atoms with Gasteiger partial charge in [0, 0.05) is 12.1 Å². The SMILES string of the molecule is O=C(Nc1ccc(F)cc1F)NC1CC[C@H]2CNC[C@H]2C1. The molecule has 3 atom stereocenters. The number of anilines is 1. The summed E-state index contributed by atoms with van der Waals surface area (Å²) in [6.45, 7) is 2.08. The summed E-state index contributed by atoms with van der Waals surface area (Å²) in [5.74, 6) is -0.0911. The van der Waals surface area contributed by atoms with Crippen LogP contribution in [0.25, 0.3) is 0 Å². The summed E-state index contributed by atoms with van der Waals surface area (Å²) in [6, 6.07) is 2.78. The second kappa shape index (κ2) is 5.97. The third kappa shape index (κ3) is 3.32. The van der Waals surface area contributed by atoms with Gasteiger partial charge in [0.05, 0.1) is 5.69 Å². The first kappa shape index (κ1) is 14.3. The van der Waals surface area contributed by atoms with E-state index in [9.17, 15) is 13.6 Å². The molecule has 0 bridgehead atoms. The Hall–Kier alpha value is -1.69. The van der Waals surface area contributed by atoms with Gasteiger partial charge in [-0.2, -0.15) is 0 Å². The van der Waals surface area contributed by atoms with Gasteiger partial charge >= 0.3 is 6.03 Å². The molecule has 1 saturated heterocycles. The molecule has 1 heterocycles. The Bertz CT molecular complexity index is 538. The summed E-state index contributed by atoms with van der Waals surface area (Å²) < 4.78 is 26.3. The number of halogens is 2. The molecule has 21 heavy (non-hydrogen) atoms. The Morgan fingerprint density at radius 3 is 2.81 bits per heavy atom. The van der Waals surface area contributed by atoms with Gasteiger partial charge in [-0.05, 0) is 56.3 Å². The maximum atomic E-state index is 13.5. The van der Waals surface area contributed by atoms with Crippen molar-refractivity contribution in [1.82, 2.24) is 10.6 Å². The van der Waals surface area contributed by atoms with Gasteiger partial charge in [-0.25, -0.2) is 13.6 Å². The second-order valence-electron chi connectivity index (χ2n) is 5.91. The molecule has 0 spiro atoms. The quantitative estimate of drug-likeness (QED) is 0.785. The number of rotatable bonds is 2. The maximum Gasteiger partial charge on any atom is 0.319 e. The van der Waals surface area contributed by atoms with Crippen molar-refractivity contribution in [3.8, 4) is 0 Å². The van der Waals surface area contributed by atoms with Crippen molar-refractivity contribution in [2.24, 2.45) is 11.8 Å².